The summed E-state index contributed by atoms with van der Waals surface area (Å²) in [4.78, 5) is 13.0. The Morgan fingerprint density at radius 3 is 2.50 bits per heavy atom. The van der Waals surface area contributed by atoms with Crippen LogP contribution in [0.3, 0.4) is 0 Å². The van der Waals surface area contributed by atoms with Crippen LogP contribution in [0.5, 0.6) is 0 Å². The van der Waals surface area contributed by atoms with Gasteiger partial charge in [0.2, 0.25) is 5.91 Å². The number of carbonyl (C=O) groups excluding carboxylic acids is 1. The van der Waals surface area contributed by atoms with Gasteiger partial charge in [-0.05, 0) is 69.2 Å². The minimum atomic E-state index is -4.46. The van der Waals surface area contributed by atoms with Crippen molar-refractivity contribution < 1.29 is 18.0 Å². The lowest BCUT2D eigenvalue weighted by atomic mass is 9.90. The Kier molecular flexibility index (Phi) is 6.48. The zero-order chi connectivity index (χ0) is 24.7. The van der Waals surface area contributed by atoms with E-state index in [9.17, 15) is 18.0 Å². The van der Waals surface area contributed by atoms with Crippen LogP contribution in [0.4, 0.5) is 18.9 Å². The Morgan fingerprint density at radius 1 is 1.12 bits per heavy atom. The summed E-state index contributed by atoms with van der Waals surface area (Å²) in [5.74, 6) is -0.570. The number of benzene rings is 2. The molecule has 2 N–H and O–H groups in total. The minimum Gasteiger partial charge on any atom is -0.325 e. The molecule has 1 fully saturated rings. The van der Waals surface area contributed by atoms with Crippen molar-refractivity contribution in [2.24, 2.45) is 0 Å². The summed E-state index contributed by atoms with van der Waals surface area (Å²) in [5.41, 5.74) is 0.762. The Hall–Kier alpha value is -2.84. The Morgan fingerprint density at radius 2 is 1.85 bits per heavy atom. The molecule has 0 saturated carbocycles. The lowest BCUT2D eigenvalue weighted by Crippen LogP contribution is -2.36. The summed E-state index contributed by atoms with van der Waals surface area (Å²) in [5, 5.41) is 11.3. The van der Waals surface area contributed by atoms with Gasteiger partial charge in [-0.15, -0.1) is 0 Å². The number of aromatic nitrogens is 2. The molecule has 9 heteroatoms. The number of hydrogen-bond donors (Lipinski definition) is 2. The van der Waals surface area contributed by atoms with E-state index in [4.69, 9.17) is 16.7 Å². The van der Waals surface area contributed by atoms with Crippen molar-refractivity contribution in [3.63, 3.8) is 0 Å². The molecule has 0 spiro atoms. The molecule has 3 atom stereocenters. The van der Waals surface area contributed by atoms with E-state index in [0.29, 0.717) is 22.7 Å². The van der Waals surface area contributed by atoms with Crippen molar-refractivity contribution in [2.75, 3.05) is 5.32 Å². The first-order valence-electron chi connectivity index (χ1n) is 11.0. The van der Waals surface area contributed by atoms with Gasteiger partial charge < -0.3 is 5.32 Å². The number of nitrogens with zero attached hydrogens (tertiary/aromatic N) is 2. The molecule has 180 valence electrons. The topological polar surface area (TPSA) is 59.0 Å². The predicted octanol–water partition coefficient (Wildman–Crippen LogP) is 6.14. The summed E-state index contributed by atoms with van der Waals surface area (Å²) >= 11 is 6.02. The van der Waals surface area contributed by atoms with Crippen LogP contribution in [0, 0.1) is 0 Å². The van der Waals surface area contributed by atoms with Crippen molar-refractivity contribution in [3.05, 3.63) is 82.6 Å². The number of alkyl halides is 3. The number of anilines is 1. The van der Waals surface area contributed by atoms with E-state index in [1.54, 1.807) is 30.3 Å². The van der Waals surface area contributed by atoms with Gasteiger partial charge in [0.05, 0.1) is 22.8 Å². The third-order valence-corrected chi connectivity index (χ3v) is 6.17. The number of carbonyl (C=O) groups is 1. The Labute approximate surface area is 201 Å². The molecule has 0 radical (unpaired) electrons. The van der Waals surface area contributed by atoms with Gasteiger partial charge in [-0.3, -0.25) is 14.8 Å². The second-order valence-electron chi connectivity index (χ2n) is 9.52. The van der Waals surface area contributed by atoms with Crippen LogP contribution in [0.2, 0.25) is 5.02 Å². The third kappa shape index (κ3) is 5.28. The molecule has 3 aromatic rings. The summed E-state index contributed by atoms with van der Waals surface area (Å²) in [6.07, 6.45) is -2.21. The highest BCUT2D eigenvalue weighted by Gasteiger charge is 2.41. The quantitative estimate of drug-likeness (QED) is 0.462. The fourth-order valence-electron chi connectivity index (χ4n) is 4.21. The van der Waals surface area contributed by atoms with Crippen molar-refractivity contribution in [1.82, 2.24) is 15.1 Å². The number of hydrogen-bond acceptors (Lipinski definition) is 3. The van der Waals surface area contributed by atoms with Crippen LogP contribution in [-0.2, 0) is 16.5 Å². The maximum atomic E-state index is 13.4. The molecular weight excluding hydrogens is 465 g/mol. The lowest BCUT2D eigenvalue weighted by Gasteiger charge is -2.21. The monoisotopic (exact) mass is 490 g/mol. The molecule has 5 nitrogen and oxygen atoms in total. The van der Waals surface area contributed by atoms with Crippen LogP contribution in [-0.4, -0.2) is 21.7 Å². The maximum absolute atomic E-state index is 13.4. The van der Waals surface area contributed by atoms with Gasteiger partial charge in [0.15, 0.2) is 0 Å². The smallest absolute Gasteiger partial charge is 0.325 e. The molecular formula is C25H26ClF3N4O. The second-order valence-corrected chi connectivity index (χ2v) is 9.95. The van der Waals surface area contributed by atoms with E-state index in [2.05, 4.69) is 10.6 Å². The average Bonchev–Trinajstić information content (AvgIpc) is 3.41. The lowest BCUT2D eigenvalue weighted by molar-refractivity contribution is -0.137. The molecule has 1 amide bonds. The van der Waals surface area contributed by atoms with Crippen LogP contribution in [0.1, 0.15) is 56.0 Å². The van der Waals surface area contributed by atoms with Gasteiger partial charge in [-0.1, -0.05) is 29.8 Å². The van der Waals surface area contributed by atoms with E-state index in [-0.39, 0.29) is 17.4 Å². The Bertz CT molecular complexity index is 1190. The van der Waals surface area contributed by atoms with Crippen LogP contribution < -0.4 is 10.6 Å². The van der Waals surface area contributed by atoms with Gasteiger partial charge in [-0.25, -0.2) is 0 Å². The SMILES string of the molecule is CC(C)(C)n1ccc(C2C[C@@H](C(=O)Nc3cccc(Cl)c3)N[C@H]2c2cccc(C(F)(F)F)c2)n1. The highest BCUT2D eigenvalue weighted by Crippen LogP contribution is 2.41. The van der Waals surface area contributed by atoms with E-state index in [1.807, 2.05) is 37.7 Å². The molecule has 1 aliphatic heterocycles. The third-order valence-electron chi connectivity index (χ3n) is 5.93. The van der Waals surface area contributed by atoms with Crippen molar-refractivity contribution >= 4 is 23.2 Å². The summed E-state index contributed by atoms with van der Waals surface area (Å²) in [6.45, 7) is 6.05. The fourth-order valence-corrected chi connectivity index (χ4v) is 4.40. The van der Waals surface area contributed by atoms with Crippen LogP contribution >= 0.6 is 11.6 Å². The van der Waals surface area contributed by atoms with Gasteiger partial charge in [0, 0.05) is 28.9 Å². The van der Waals surface area contributed by atoms with E-state index >= 15 is 0 Å². The molecule has 1 aliphatic rings. The van der Waals surface area contributed by atoms with E-state index in [1.165, 1.54) is 6.07 Å². The zero-order valence-electron chi connectivity index (χ0n) is 19.0. The molecule has 1 saturated heterocycles. The number of halogens is 4. The molecule has 2 heterocycles. The first-order chi connectivity index (χ1) is 15.9. The largest absolute Gasteiger partial charge is 0.416 e. The zero-order valence-corrected chi connectivity index (χ0v) is 19.8. The summed E-state index contributed by atoms with van der Waals surface area (Å²) < 4.78 is 42.0. The summed E-state index contributed by atoms with van der Waals surface area (Å²) in [7, 11) is 0. The van der Waals surface area contributed by atoms with Gasteiger partial charge in [0.25, 0.3) is 0 Å². The highest BCUT2D eigenvalue weighted by atomic mass is 35.5. The minimum absolute atomic E-state index is 0.251. The van der Waals surface area contributed by atoms with Crippen LogP contribution in [0.25, 0.3) is 0 Å². The number of amides is 1. The molecule has 34 heavy (non-hydrogen) atoms. The van der Waals surface area contributed by atoms with Crippen molar-refractivity contribution in [2.45, 2.75) is 56.9 Å². The number of nitrogens with one attached hydrogen (secondary N) is 2. The van der Waals surface area contributed by atoms with Gasteiger partial charge in [-0.2, -0.15) is 18.3 Å². The van der Waals surface area contributed by atoms with Gasteiger partial charge >= 0.3 is 6.18 Å². The first-order valence-corrected chi connectivity index (χ1v) is 11.4. The predicted molar refractivity (Wildman–Crippen MR) is 126 cm³/mol. The van der Waals surface area contributed by atoms with Crippen molar-refractivity contribution in [1.29, 1.82) is 0 Å². The van der Waals surface area contributed by atoms with E-state index < -0.39 is 23.8 Å². The van der Waals surface area contributed by atoms with Crippen LogP contribution in [0.15, 0.2) is 60.8 Å². The molecule has 1 unspecified atom stereocenters. The first kappa shape index (κ1) is 24.3. The average molecular weight is 491 g/mol. The molecule has 1 aromatic heterocycles. The number of rotatable bonds is 4. The maximum Gasteiger partial charge on any atom is 0.416 e. The molecule has 0 bridgehead atoms. The molecule has 0 aliphatic carbocycles. The molecule has 4 rings (SSSR count). The normalized spacial score (nSPS) is 21.0. The van der Waals surface area contributed by atoms with E-state index in [0.717, 1.165) is 17.8 Å². The van der Waals surface area contributed by atoms with Crippen molar-refractivity contribution in [3.8, 4) is 0 Å². The summed E-state index contributed by atoms with van der Waals surface area (Å²) in [6, 6.07) is 12.8. The second kappa shape index (κ2) is 9.07. The molecule has 2 aromatic carbocycles. The highest BCUT2D eigenvalue weighted by molar-refractivity contribution is 6.30. The fraction of sp³-hybridized carbons (Fsp3) is 0.360. The van der Waals surface area contributed by atoms with Gasteiger partial charge in [0.1, 0.15) is 0 Å². The Balaban J connectivity index is 1.65. The standard InChI is InChI=1S/C25H26ClF3N4O/c1-24(2,3)33-11-10-20(32-33)19-14-21(23(34)30-18-9-5-8-17(26)13-18)31-22(19)15-6-4-7-16(12-15)25(27,28)29/h4-13,19,21-22,31H,14H2,1-3H3,(H,30,34)/t19?,21-,22-/m0/s1.